The molecule has 4 heteroatoms. The van der Waals surface area contributed by atoms with Gasteiger partial charge in [-0.25, -0.2) is 0 Å². The van der Waals surface area contributed by atoms with Crippen LogP contribution < -0.4 is 5.32 Å². The first kappa shape index (κ1) is 9.81. The Bertz CT molecular complexity index is 166. The number of hydrogen-bond donors (Lipinski definition) is 1. The Balaban J connectivity index is 2.25. The number of carbonyl (C=O) groups excluding carboxylic acids is 1. The van der Waals surface area contributed by atoms with Gasteiger partial charge in [0, 0.05) is 13.2 Å². The normalized spacial score (nSPS) is 28.8. The summed E-state index contributed by atoms with van der Waals surface area (Å²) in [6.07, 6.45) is 2.09. The Morgan fingerprint density at radius 1 is 1.75 bits per heavy atom. The highest BCUT2D eigenvalue weighted by atomic mass is 35.5. The van der Waals surface area contributed by atoms with Gasteiger partial charge in [-0.05, 0) is 19.8 Å². The number of nitrogens with one attached hydrogen (secondary N) is 1. The average molecular weight is 192 g/mol. The van der Waals surface area contributed by atoms with Crippen molar-refractivity contribution in [2.45, 2.75) is 25.4 Å². The van der Waals surface area contributed by atoms with E-state index in [0.717, 1.165) is 19.4 Å². The lowest BCUT2D eigenvalue weighted by atomic mass is 10.0. The maximum Gasteiger partial charge on any atom is 0.235 e. The molecule has 0 aromatic carbocycles. The van der Waals surface area contributed by atoms with Gasteiger partial charge in [0.1, 0.15) is 5.88 Å². The fourth-order valence-electron chi connectivity index (χ4n) is 1.31. The van der Waals surface area contributed by atoms with Crippen molar-refractivity contribution in [3.8, 4) is 0 Å². The van der Waals surface area contributed by atoms with Crippen LogP contribution in [0.25, 0.3) is 0 Å². The minimum absolute atomic E-state index is 0.0239. The molecule has 1 aliphatic rings. The lowest BCUT2D eigenvalue weighted by Crippen LogP contribution is -2.40. The molecule has 0 bridgehead atoms. The third kappa shape index (κ3) is 2.64. The van der Waals surface area contributed by atoms with E-state index in [2.05, 4.69) is 5.32 Å². The van der Waals surface area contributed by atoms with Crippen molar-refractivity contribution >= 4 is 17.5 Å². The second-order valence-electron chi connectivity index (χ2n) is 3.31. The summed E-state index contributed by atoms with van der Waals surface area (Å²) in [5.41, 5.74) is -0.165. The van der Waals surface area contributed by atoms with Crippen molar-refractivity contribution in [3.05, 3.63) is 0 Å². The topological polar surface area (TPSA) is 38.3 Å². The Morgan fingerprint density at radius 2 is 2.50 bits per heavy atom. The number of hydrogen-bond acceptors (Lipinski definition) is 2. The van der Waals surface area contributed by atoms with Crippen LogP contribution >= 0.6 is 11.6 Å². The summed E-state index contributed by atoms with van der Waals surface area (Å²) < 4.78 is 5.48. The molecule has 1 N–H and O–H groups in total. The van der Waals surface area contributed by atoms with E-state index in [1.54, 1.807) is 0 Å². The van der Waals surface area contributed by atoms with Gasteiger partial charge in [-0.15, -0.1) is 11.6 Å². The van der Waals surface area contributed by atoms with Gasteiger partial charge in [0.15, 0.2) is 0 Å². The first-order valence-corrected chi connectivity index (χ1v) is 4.66. The number of ether oxygens (including phenoxy) is 1. The molecule has 0 aromatic rings. The summed E-state index contributed by atoms with van der Waals surface area (Å²) >= 11 is 5.33. The van der Waals surface area contributed by atoms with Gasteiger partial charge < -0.3 is 10.1 Å². The van der Waals surface area contributed by atoms with Crippen LogP contribution in [0.1, 0.15) is 19.8 Å². The van der Waals surface area contributed by atoms with Gasteiger partial charge in [-0.2, -0.15) is 0 Å². The van der Waals surface area contributed by atoms with Crippen molar-refractivity contribution in [3.63, 3.8) is 0 Å². The van der Waals surface area contributed by atoms with Crippen LogP contribution in [0.2, 0.25) is 0 Å². The number of halogens is 1. The molecule has 0 radical (unpaired) electrons. The number of amides is 1. The fourth-order valence-corrected chi connectivity index (χ4v) is 1.40. The third-order valence-corrected chi connectivity index (χ3v) is 2.32. The monoisotopic (exact) mass is 191 g/mol. The van der Waals surface area contributed by atoms with Crippen molar-refractivity contribution in [2.75, 3.05) is 19.0 Å². The summed E-state index contributed by atoms with van der Waals surface area (Å²) in [4.78, 5) is 10.8. The van der Waals surface area contributed by atoms with E-state index in [4.69, 9.17) is 16.3 Å². The van der Waals surface area contributed by atoms with Crippen LogP contribution in [-0.4, -0.2) is 30.5 Å². The SMILES string of the molecule is CC1(CNC(=O)CCl)CCCO1. The zero-order valence-corrected chi connectivity index (χ0v) is 7.99. The smallest absolute Gasteiger partial charge is 0.235 e. The molecule has 1 amide bonds. The number of carbonyl (C=O) groups is 1. The van der Waals surface area contributed by atoms with Gasteiger partial charge in [0.2, 0.25) is 5.91 Å². The van der Waals surface area contributed by atoms with Crippen molar-refractivity contribution in [1.82, 2.24) is 5.32 Å². The van der Waals surface area contributed by atoms with Crippen LogP contribution in [0.5, 0.6) is 0 Å². The predicted molar refractivity (Wildman–Crippen MR) is 47.3 cm³/mol. The van der Waals surface area contributed by atoms with E-state index in [1.807, 2.05) is 6.92 Å². The molecular formula is C8H14ClNO2. The zero-order valence-electron chi connectivity index (χ0n) is 7.23. The lowest BCUT2D eigenvalue weighted by Gasteiger charge is -2.22. The zero-order chi connectivity index (χ0) is 9.03. The van der Waals surface area contributed by atoms with Crippen LogP contribution in [0.15, 0.2) is 0 Å². The van der Waals surface area contributed by atoms with Crippen LogP contribution in [0.4, 0.5) is 0 Å². The van der Waals surface area contributed by atoms with Crippen molar-refractivity contribution in [1.29, 1.82) is 0 Å². The van der Waals surface area contributed by atoms with E-state index >= 15 is 0 Å². The molecule has 1 fully saturated rings. The maximum absolute atomic E-state index is 10.8. The molecule has 12 heavy (non-hydrogen) atoms. The first-order valence-electron chi connectivity index (χ1n) is 4.13. The lowest BCUT2D eigenvalue weighted by molar-refractivity contribution is -0.119. The first-order chi connectivity index (χ1) is 5.66. The number of alkyl halides is 1. The predicted octanol–water partition coefficient (Wildman–Crippen LogP) is 0.910. The molecule has 0 aromatic heterocycles. The Hall–Kier alpha value is -0.280. The second kappa shape index (κ2) is 4.10. The van der Waals surface area contributed by atoms with Crippen molar-refractivity contribution < 1.29 is 9.53 Å². The molecule has 1 unspecified atom stereocenters. The quantitative estimate of drug-likeness (QED) is 0.674. The van der Waals surface area contributed by atoms with Crippen LogP contribution in [0, 0.1) is 0 Å². The molecule has 70 valence electrons. The Morgan fingerprint density at radius 3 is 3.00 bits per heavy atom. The fraction of sp³-hybridized carbons (Fsp3) is 0.875. The molecule has 1 atom stereocenters. The number of rotatable bonds is 3. The molecule has 1 heterocycles. The van der Waals surface area contributed by atoms with Crippen LogP contribution in [0.3, 0.4) is 0 Å². The summed E-state index contributed by atoms with van der Waals surface area (Å²) in [7, 11) is 0. The molecule has 0 spiro atoms. The minimum atomic E-state index is -0.165. The summed E-state index contributed by atoms with van der Waals surface area (Å²) in [5, 5.41) is 2.72. The molecular weight excluding hydrogens is 178 g/mol. The standard InChI is InChI=1S/C8H14ClNO2/c1-8(3-2-4-12-8)6-10-7(11)5-9/h2-6H2,1H3,(H,10,11). The second-order valence-corrected chi connectivity index (χ2v) is 3.58. The highest BCUT2D eigenvalue weighted by Gasteiger charge is 2.29. The summed E-state index contributed by atoms with van der Waals surface area (Å²) in [6, 6.07) is 0. The van der Waals surface area contributed by atoms with E-state index in [-0.39, 0.29) is 17.4 Å². The highest BCUT2D eigenvalue weighted by Crippen LogP contribution is 2.23. The molecule has 3 nitrogen and oxygen atoms in total. The van der Waals surface area contributed by atoms with E-state index in [1.165, 1.54) is 0 Å². The van der Waals surface area contributed by atoms with E-state index in [0.29, 0.717) is 6.54 Å². The van der Waals surface area contributed by atoms with Crippen molar-refractivity contribution in [2.24, 2.45) is 0 Å². The van der Waals surface area contributed by atoms with Gasteiger partial charge in [-0.3, -0.25) is 4.79 Å². The van der Waals surface area contributed by atoms with Gasteiger partial charge in [0.05, 0.1) is 5.60 Å². The molecule has 0 saturated carbocycles. The molecule has 1 rings (SSSR count). The molecule has 1 saturated heterocycles. The minimum Gasteiger partial charge on any atom is -0.373 e. The van der Waals surface area contributed by atoms with Gasteiger partial charge in [0.25, 0.3) is 0 Å². The Kier molecular flexibility index (Phi) is 3.35. The van der Waals surface area contributed by atoms with Gasteiger partial charge >= 0.3 is 0 Å². The summed E-state index contributed by atoms with van der Waals surface area (Å²) in [5.74, 6) is -0.107. The summed E-state index contributed by atoms with van der Waals surface area (Å²) in [6.45, 7) is 3.38. The average Bonchev–Trinajstić information content (AvgIpc) is 2.49. The Labute approximate surface area is 77.4 Å². The largest absolute Gasteiger partial charge is 0.373 e. The molecule has 0 aliphatic carbocycles. The van der Waals surface area contributed by atoms with E-state index in [9.17, 15) is 4.79 Å². The van der Waals surface area contributed by atoms with Crippen LogP contribution in [-0.2, 0) is 9.53 Å². The highest BCUT2D eigenvalue weighted by molar-refractivity contribution is 6.27. The third-order valence-electron chi connectivity index (χ3n) is 2.08. The molecule has 1 aliphatic heterocycles. The van der Waals surface area contributed by atoms with Gasteiger partial charge in [-0.1, -0.05) is 0 Å². The maximum atomic E-state index is 10.8. The van der Waals surface area contributed by atoms with E-state index < -0.39 is 0 Å².